The monoisotopic (exact) mass is 451 g/mol. The molecule has 3 rings (SSSR count). The molecule has 8 nitrogen and oxygen atoms in total. The number of nitrogens with zero attached hydrogens (tertiary/aromatic N) is 2. The number of methoxy groups -OCH3 is 1. The van der Waals surface area contributed by atoms with Crippen LogP contribution in [0.4, 0.5) is 5.69 Å². The third-order valence-corrected chi connectivity index (χ3v) is 6.31. The maximum absolute atomic E-state index is 12.6. The molecule has 32 heavy (non-hydrogen) atoms. The number of hydrogen-bond donors (Lipinski definition) is 1. The quantitative estimate of drug-likeness (QED) is 0.560. The van der Waals surface area contributed by atoms with Crippen LogP contribution in [-0.4, -0.2) is 39.3 Å². The fraction of sp³-hybridized carbons (Fsp3) is 0.130. The van der Waals surface area contributed by atoms with Gasteiger partial charge < -0.3 is 14.8 Å². The number of sulfonamides is 1. The lowest BCUT2D eigenvalue weighted by molar-refractivity contribution is -0.116. The second-order valence-corrected chi connectivity index (χ2v) is 8.77. The molecule has 1 amide bonds. The number of rotatable bonds is 8. The van der Waals surface area contributed by atoms with Gasteiger partial charge in [-0.15, -0.1) is 0 Å². The van der Waals surface area contributed by atoms with Crippen LogP contribution in [0.3, 0.4) is 0 Å². The lowest BCUT2D eigenvalue weighted by Crippen LogP contribution is -2.34. The minimum atomic E-state index is -3.87. The number of benzene rings is 3. The molecule has 0 aliphatic heterocycles. The van der Waals surface area contributed by atoms with Crippen LogP contribution in [0.5, 0.6) is 17.2 Å². The maximum Gasteiger partial charge on any atom is 0.243 e. The van der Waals surface area contributed by atoms with Gasteiger partial charge in [0.2, 0.25) is 15.9 Å². The van der Waals surface area contributed by atoms with Gasteiger partial charge in [-0.05, 0) is 60.7 Å². The highest BCUT2D eigenvalue weighted by molar-refractivity contribution is 7.89. The van der Waals surface area contributed by atoms with Crippen molar-refractivity contribution in [1.82, 2.24) is 4.31 Å². The molecule has 0 saturated heterocycles. The first-order valence-corrected chi connectivity index (χ1v) is 10.9. The molecule has 1 N–H and O–H groups in total. The SMILES string of the molecule is COc1ccccc1Oc1ccc(NC(=O)CN(C)S(=O)(=O)c2ccc(C#N)cc2)cc1. The average Bonchev–Trinajstić information content (AvgIpc) is 2.80. The standard InChI is InChI=1S/C23H21N3O5S/c1-26(32(28,29)20-13-7-17(15-24)8-14-20)16-23(27)25-18-9-11-19(12-10-18)31-22-6-4-3-5-21(22)30-2/h3-14H,16H2,1-2H3,(H,25,27). The number of likely N-dealkylation sites (N-methyl/N-ethyl adjacent to an activating group) is 1. The fourth-order valence-corrected chi connectivity index (χ4v) is 3.93. The Hall–Kier alpha value is -3.87. The Balaban J connectivity index is 1.61. The van der Waals surface area contributed by atoms with E-state index in [4.69, 9.17) is 14.7 Å². The Morgan fingerprint density at radius 3 is 2.22 bits per heavy atom. The molecule has 0 aromatic heterocycles. The summed E-state index contributed by atoms with van der Waals surface area (Å²) >= 11 is 0. The highest BCUT2D eigenvalue weighted by Crippen LogP contribution is 2.31. The average molecular weight is 452 g/mol. The zero-order chi connectivity index (χ0) is 23.1. The number of hydrogen-bond acceptors (Lipinski definition) is 6. The Labute approximate surface area is 186 Å². The number of para-hydroxylation sites is 2. The Morgan fingerprint density at radius 2 is 1.62 bits per heavy atom. The van der Waals surface area contributed by atoms with Crippen LogP contribution in [0, 0.1) is 11.3 Å². The lowest BCUT2D eigenvalue weighted by Gasteiger charge is -2.17. The van der Waals surface area contributed by atoms with Crippen molar-refractivity contribution in [3.63, 3.8) is 0 Å². The van der Waals surface area contributed by atoms with E-state index in [1.807, 2.05) is 18.2 Å². The number of carbonyl (C=O) groups excluding carboxylic acids is 1. The van der Waals surface area contributed by atoms with Crippen molar-refractivity contribution in [2.24, 2.45) is 0 Å². The maximum atomic E-state index is 12.6. The van der Waals surface area contributed by atoms with E-state index in [0.29, 0.717) is 28.5 Å². The van der Waals surface area contributed by atoms with E-state index in [1.54, 1.807) is 43.5 Å². The molecule has 164 valence electrons. The van der Waals surface area contributed by atoms with Crippen molar-refractivity contribution in [3.8, 4) is 23.3 Å². The van der Waals surface area contributed by atoms with Crippen LogP contribution in [-0.2, 0) is 14.8 Å². The van der Waals surface area contributed by atoms with Crippen molar-refractivity contribution in [1.29, 1.82) is 5.26 Å². The van der Waals surface area contributed by atoms with Gasteiger partial charge >= 0.3 is 0 Å². The molecule has 0 aliphatic rings. The largest absolute Gasteiger partial charge is 0.493 e. The summed E-state index contributed by atoms with van der Waals surface area (Å²) in [6, 6.07) is 21.3. The van der Waals surface area contributed by atoms with Crippen molar-refractivity contribution < 1.29 is 22.7 Å². The number of nitriles is 1. The predicted octanol–water partition coefficient (Wildman–Crippen LogP) is 3.62. The van der Waals surface area contributed by atoms with Crippen molar-refractivity contribution in [2.75, 3.05) is 26.0 Å². The lowest BCUT2D eigenvalue weighted by atomic mass is 10.2. The van der Waals surface area contributed by atoms with Crippen LogP contribution in [0.1, 0.15) is 5.56 Å². The molecule has 0 unspecified atom stereocenters. The smallest absolute Gasteiger partial charge is 0.243 e. The molecule has 0 spiro atoms. The van der Waals surface area contributed by atoms with Gasteiger partial charge in [0.15, 0.2) is 11.5 Å². The van der Waals surface area contributed by atoms with Crippen molar-refractivity contribution in [3.05, 3.63) is 78.4 Å². The fourth-order valence-electron chi connectivity index (χ4n) is 2.81. The number of nitrogens with one attached hydrogen (secondary N) is 1. The summed E-state index contributed by atoms with van der Waals surface area (Å²) in [7, 11) is -0.996. The second kappa shape index (κ2) is 9.96. The van der Waals surface area contributed by atoms with E-state index in [9.17, 15) is 13.2 Å². The summed E-state index contributed by atoms with van der Waals surface area (Å²) in [5.74, 6) is 1.20. The molecule has 3 aromatic carbocycles. The Morgan fingerprint density at radius 1 is 1.00 bits per heavy atom. The normalized spacial score (nSPS) is 10.9. The summed E-state index contributed by atoms with van der Waals surface area (Å²) < 4.78 is 37.2. The zero-order valence-corrected chi connectivity index (χ0v) is 18.3. The van der Waals surface area contributed by atoms with Crippen LogP contribution in [0.2, 0.25) is 0 Å². The molecule has 0 heterocycles. The van der Waals surface area contributed by atoms with E-state index in [0.717, 1.165) is 4.31 Å². The first-order chi connectivity index (χ1) is 15.3. The second-order valence-electron chi connectivity index (χ2n) is 6.72. The van der Waals surface area contributed by atoms with Gasteiger partial charge in [0, 0.05) is 12.7 Å². The number of ether oxygens (including phenoxy) is 2. The molecule has 3 aromatic rings. The molecule has 9 heteroatoms. The summed E-state index contributed by atoms with van der Waals surface area (Å²) in [5, 5.41) is 11.5. The Kier molecular flexibility index (Phi) is 7.10. The van der Waals surface area contributed by atoms with Gasteiger partial charge in [0.1, 0.15) is 5.75 Å². The molecule has 0 radical (unpaired) electrons. The van der Waals surface area contributed by atoms with Gasteiger partial charge in [-0.25, -0.2) is 8.42 Å². The van der Waals surface area contributed by atoms with E-state index in [-0.39, 0.29) is 11.4 Å². The van der Waals surface area contributed by atoms with Crippen LogP contribution in [0.25, 0.3) is 0 Å². The molecule has 0 aliphatic carbocycles. The molecule has 0 fully saturated rings. The first kappa shape index (κ1) is 22.8. The molecule has 0 bridgehead atoms. The highest BCUT2D eigenvalue weighted by atomic mass is 32.2. The third-order valence-electron chi connectivity index (χ3n) is 4.49. The van der Waals surface area contributed by atoms with Crippen molar-refractivity contribution in [2.45, 2.75) is 4.90 Å². The van der Waals surface area contributed by atoms with Gasteiger partial charge in [-0.1, -0.05) is 12.1 Å². The molecule has 0 saturated carbocycles. The minimum absolute atomic E-state index is 0.00430. The van der Waals surface area contributed by atoms with Crippen LogP contribution in [0.15, 0.2) is 77.7 Å². The summed E-state index contributed by atoms with van der Waals surface area (Å²) in [4.78, 5) is 12.4. The molecular weight excluding hydrogens is 430 g/mol. The Bertz CT molecular complexity index is 1230. The van der Waals surface area contributed by atoms with Gasteiger partial charge in [0.25, 0.3) is 0 Å². The third kappa shape index (κ3) is 5.43. The zero-order valence-electron chi connectivity index (χ0n) is 17.5. The topological polar surface area (TPSA) is 109 Å². The van der Waals surface area contributed by atoms with E-state index in [2.05, 4.69) is 5.32 Å². The van der Waals surface area contributed by atoms with E-state index < -0.39 is 15.9 Å². The van der Waals surface area contributed by atoms with Gasteiger partial charge in [0.05, 0.1) is 30.2 Å². The van der Waals surface area contributed by atoms with Crippen LogP contribution >= 0.6 is 0 Å². The molecular formula is C23H21N3O5S. The van der Waals surface area contributed by atoms with Crippen LogP contribution < -0.4 is 14.8 Å². The van der Waals surface area contributed by atoms with Gasteiger partial charge in [-0.2, -0.15) is 9.57 Å². The van der Waals surface area contributed by atoms with E-state index in [1.165, 1.54) is 31.3 Å². The van der Waals surface area contributed by atoms with Crippen molar-refractivity contribution >= 4 is 21.6 Å². The number of carbonyl (C=O) groups is 1. The summed E-state index contributed by atoms with van der Waals surface area (Å²) in [6.45, 7) is -0.373. The van der Waals surface area contributed by atoms with E-state index >= 15 is 0 Å². The number of amides is 1. The molecule has 0 atom stereocenters. The van der Waals surface area contributed by atoms with Gasteiger partial charge in [-0.3, -0.25) is 4.79 Å². The highest BCUT2D eigenvalue weighted by Gasteiger charge is 2.23. The number of anilines is 1. The first-order valence-electron chi connectivity index (χ1n) is 9.51. The predicted molar refractivity (Wildman–Crippen MR) is 119 cm³/mol. The summed E-state index contributed by atoms with van der Waals surface area (Å²) in [5.41, 5.74) is 0.842. The minimum Gasteiger partial charge on any atom is -0.493 e. The summed E-state index contributed by atoms with van der Waals surface area (Å²) in [6.07, 6.45) is 0.